The minimum absolute atomic E-state index is 0.209. The van der Waals surface area contributed by atoms with Gasteiger partial charge in [-0.25, -0.2) is 0 Å². The van der Waals surface area contributed by atoms with Gasteiger partial charge in [0.15, 0.2) is 0 Å². The van der Waals surface area contributed by atoms with Crippen molar-refractivity contribution in [3.8, 4) is 5.75 Å². The summed E-state index contributed by atoms with van der Waals surface area (Å²) in [7, 11) is 0. The Labute approximate surface area is 95.7 Å². The molecule has 1 aromatic rings. The maximum atomic E-state index is 11.8. The lowest BCUT2D eigenvalue weighted by Crippen LogP contribution is -2.29. The fourth-order valence-corrected chi connectivity index (χ4v) is 2.06. The number of aromatic hydroxyl groups is 1. The average Bonchev–Trinajstić information content (AvgIpc) is 2.48. The smallest absolute Gasteiger partial charge is 0.222 e. The molecule has 16 heavy (non-hydrogen) atoms. The summed E-state index contributed by atoms with van der Waals surface area (Å²) in [5, 5.41) is 9.66. The van der Waals surface area contributed by atoms with Crippen LogP contribution < -0.4 is 0 Å². The second-order valence-electron chi connectivity index (χ2n) is 4.25. The lowest BCUT2D eigenvalue weighted by molar-refractivity contribution is -0.131. The molecule has 0 aromatic heterocycles. The number of carbonyl (C=O) groups excluding carboxylic acids is 1. The monoisotopic (exact) mass is 219 g/mol. The number of para-hydroxylation sites is 1. The number of likely N-dealkylation sites (tertiary alicyclic amines) is 1. The highest BCUT2D eigenvalue weighted by Gasteiger charge is 2.17. The molecule has 1 aromatic carbocycles. The van der Waals surface area contributed by atoms with Gasteiger partial charge in [0.2, 0.25) is 5.91 Å². The van der Waals surface area contributed by atoms with E-state index in [9.17, 15) is 9.90 Å². The SMILES string of the molecule is O=C1CCCCCN1Cc1ccccc1O. The fraction of sp³-hybridized carbons (Fsp3) is 0.462. The van der Waals surface area contributed by atoms with Gasteiger partial charge in [-0.05, 0) is 18.9 Å². The molecule has 1 aliphatic rings. The van der Waals surface area contributed by atoms with Crippen molar-refractivity contribution >= 4 is 5.91 Å². The number of benzene rings is 1. The Morgan fingerprint density at radius 1 is 1.19 bits per heavy atom. The fourth-order valence-electron chi connectivity index (χ4n) is 2.06. The lowest BCUT2D eigenvalue weighted by Gasteiger charge is -2.20. The topological polar surface area (TPSA) is 40.5 Å². The molecule has 0 unspecified atom stereocenters. The van der Waals surface area contributed by atoms with Crippen molar-refractivity contribution in [1.29, 1.82) is 0 Å². The van der Waals surface area contributed by atoms with Crippen LogP contribution in [0.2, 0.25) is 0 Å². The van der Waals surface area contributed by atoms with E-state index in [-0.39, 0.29) is 11.7 Å². The van der Waals surface area contributed by atoms with E-state index in [4.69, 9.17) is 0 Å². The third-order valence-electron chi connectivity index (χ3n) is 3.02. The first-order chi connectivity index (χ1) is 7.77. The number of hydrogen-bond donors (Lipinski definition) is 1. The van der Waals surface area contributed by atoms with E-state index < -0.39 is 0 Å². The van der Waals surface area contributed by atoms with Crippen LogP contribution in [0, 0.1) is 0 Å². The molecule has 0 spiro atoms. The molecule has 0 aliphatic carbocycles. The molecule has 0 saturated carbocycles. The number of hydrogen-bond acceptors (Lipinski definition) is 2. The van der Waals surface area contributed by atoms with Gasteiger partial charge in [-0.3, -0.25) is 4.79 Å². The molecule has 3 nitrogen and oxygen atoms in total. The molecule has 0 bridgehead atoms. The quantitative estimate of drug-likeness (QED) is 0.829. The van der Waals surface area contributed by atoms with E-state index in [1.807, 2.05) is 17.0 Å². The van der Waals surface area contributed by atoms with E-state index in [2.05, 4.69) is 0 Å². The van der Waals surface area contributed by atoms with Gasteiger partial charge in [0.1, 0.15) is 5.75 Å². The number of phenolic OH excluding ortho intramolecular Hbond substituents is 1. The summed E-state index contributed by atoms with van der Waals surface area (Å²) in [4.78, 5) is 13.6. The molecule has 0 radical (unpaired) electrons. The predicted molar refractivity (Wildman–Crippen MR) is 62.0 cm³/mol. The van der Waals surface area contributed by atoms with Gasteiger partial charge in [0.05, 0.1) is 0 Å². The van der Waals surface area contributed by atoms with Gasteiger partial charge in [-0.2, -0.15) is 0 Å². The Balaban J connectivity index is 2.08. The van der Waals surface area contributed by atoms with Gasteiger partial charge in [0, 0.05) is 25.1 Å². The molecule has 3 heteroatoms. The molecule has 1 amide bonds. The third kappa shape index (κ3) is 2.54. The second kappa shape index (κ2) is 5.01. The highest BCUT2D eigenvalue weighted by molar-refractivity contribution is 5.76. The molecule has 1 N–H and O–H groups in total. The van der Waals surface area contributed by atoms with Crippen molar-refractivity contribution in [1.82, 2.24) is 4.90 Å². The summed E-state index contributed by atoms with van der Waals surface area (Å²) >= 11 is 0. The number of phenols is 1. The van der Waals surface area contributed by atoms with Crippen LogP contribution in [0.5, 0.6) is 5.75 Å². The summed E-state index contributed by atoms with van der Waals surface area (Å²) in [6.45, 7) is 1.35. The van der Waals surface area contributed by atoms with Gasteiger partial charge >= 0.3 is 0 Å². The summed E-state index contributed by atoms with van der Waals surface area (Å²) in [6.07, 6.45) is 3.84. The Kier molecular flexibility index (Phi) is 3.44. The maximum absolute atomic E-state index is 11.8. The summed E-state index contributed by atoms with van der Waals surface area (Å²) in [5.41, 5.74) is 0.831. The van der Waals surface area contributed by atoms with Crippen LogP contribution in [0.1, 0.15) is 31.2 Å². The Hall–Kier alpha value is -1.51. The van der Waals surface area contributed by atoms with E-state index in [0.29, 0.717) is 13.0 Å². The van der Waals surface area contributed by atoms with Crippen molar-refractivity contribution in [2.75, 3.05) is 6.54 Å². The van der Waals surface area contributed by atoms with Gasteiger partial charge in [-0.15, -0.1) is 0 Å². The molecular formula is C13H17NO2. The predicted octanol–water partition coefficient (Wildman–Crippen LogP) is 2.29. The normalized spacial score (nSPS) is 17.2. The van der Waals surface area contributed by atoms with Crippen LogP contribution in [0.15, 0.2) is 24.3 Å². The molecule has 1 aliphatic heterocycles. The molecular weight excluding hydrogens is 202 g/mol. The van der Waals surface area contributed by atoms with Crippen molar-refractivity contribution in [2.24, 2.45) is 0 Å². The van der Waals surface area contributed by atoms with E-state index >= 15 is 0 Å². The van der Waals surface area contributed by atoms with Crippen molar-refractivity contribution in [3.05, 3.63) is 29.8 Å². The zero-order valence-electron chi connectivity index (χ0n) is 9.35. The third-order valence-corrected chi connectivity index (χ3v) is 3.02. The minimum atomic E-state index is 0.209. The van der Waals surface area contributed by atoms with Crippen molar-refractivity contribution in [3.63, 3.8) is 0 Å². The Bertz CT molecular complexity index is 376. The maximum Gasteiger partial charge on any atom is 0.222 e. The number of nitrogens with zero attached hydrogens (tertiary/aromatic N) is 1. The first-order valence-corrected chi connectivity index (χ1v) is 5.82. The standard InChI is InChI=1S/C13H17NO2/c15-12-7-4-3-6-11(12)10-14-9-5-1-2-8-13(14)16/h3-4,6-7,15H,1-2,5,8-10H2. The number of amides is 1. The number of carbonyl (C=O) groups is 1. The van der Waals surface area contributed by atoms with Gasteiger partial charge in [-0.1, -0.05) is 24.6 Å². The molecule has 1 heterocycles. The Morgan fingerprint density at radius 2 is 2.00 bits per heavy atom. The van der Waals surface area contributed by atoms with Crippen LogP contribution >= 0.6 is 0 Å². The molecule has 1 fully saturated rings. The van der Waals surface area contributed by atoms with Gasteiger partial charge < -0.3 is 10.0 Å². The van der Waals surface area contributed by atoms with Crippen LogP contribution in [0.4, 0.5) is 0 Å². The summed E-state index contributed by atoms with van der Waals surface area (Å²) < 4.78 is 0. The molecule has 2 rings (SSSR count). The summed E-state index contributed by atoms with van der Waals surface area (Å²) in [5.74, 6) is 0.486. The van der Waals surface area contributed by atoms with E-state index in [0.717, 1.165) is 31.4 Å². The summed E-state index contributed by atoms with van der Waals surface area (Å²) in [6, 6.07) is 7.21. The van der Waals surface area contributed by atoms with Crippen molar-refractivity contribution in [2.45, 2.75) is 32.2 Å². The van der Waals surface area contributed by atoms with E-state index in [1.165, 1.54) is 0 Å². The zero-order valence-corrected chi connectivity index (χ0v) is 9.35. The first-order valence-electron chi connectivity index (χ1n) is 5.82. The van der Waals surface area contributed by atoms with Crippen LogP contribution in [0.25, 0.3) is 0 Å². The Morgan fingerprint density at radius 3 is 2.81 bits per heavy atom. The zero-order chi connectivity index (χ0) is 11.4. The number of rotatable bonds is 2. The van der Waals surface area contributed by atoms with Crippen LogP contribution in [-0.4, -0.2) is 22.5 Å². The molecule has 86 valence electrons. The second-order valence-corrected chi connectivity index (χ2v) is 4.25. The highest BCUT2D eigenvalue weighted by Crippen LogP contribution is 2.20. The minimum Gasteiger partial charge on any atom is -0.508 e. The largest absolute Gasteiger partial charge is 0.508 e. The van der Waals surface area contributed by atoms with Crippen LogP contribution in [0.3, 0.4) is 0 Å². The average molecular weight is 219 g/mol. The lowest BCUT2D eigenvalue weighted by atomic mass is 10.2. The molecule has 0 atom stereocenters. The van der Waals surface area contributed by atoms with E-state index in [1.54, 1.807) is 12.1 Å². The van der Waals surface area contributed by atoms with Crippen LogP contribution in [-0.2, 0) is 11.3 Å². The molecule has 1 saturated heterocycles. The van der Waals surface area contributed by atoms with Gasteiger partial charge in [0.25, 0.3) is 0 Å². The van der Waals surface area contributed by atoms with Crippen molar-refractivity contribution < 1.29 is 9.90 Å². The first kappa shape index (κ1) is 11.0. The highest BCUT2D eigenvalue weighted by atomic mass is 16.3.